The summed E-state index contributed by atoms with van der Waals surface area (Å²) in [4.78, 5) is 23.5. The van der Waals surface area contributed by atoms with Gasteiger partial charge >= 0.3 is 0 Å². The second kappa shape index (κ2) is 9.58. The Morgan fingerprint density at radius 3 is 2.38 bits per heavy atom. The van der Waals surface area contributed by atoms with Gasteiger partial charge in [0.25, 0.3) is 5.91 Å². The maximum atomic E-state index is 13.1. The molecule has 1 aromatic heterocycles. The highest BCUT2D eigenvalue weighted by molar-refractivity contribution is 5.93. The van der Waals surface area contributed by atoms with Crippen molar-refractivity contribution < 1.29 is 9.90 Å². The molecular formula is C23H28N4O2. The second-order valence-corrected chi connectivity index (χ2v) is 7.77. The number of nitrogens with zero attached hydrogens (tertiary/aromatic N) is 3. The van der Waals surface area contributed by atoms with Crippen molar-refractivity contribution in [1.29, 1.82) is 0 Å². The number of carbonyl (C=O) groups excluding carboxylic acids is 1. The number of hydrogen-bond acceptors (Lipinski definition) is 5. The number of carbonyl (C=O) groups is 1. The highest BCUT2D eigenvalue weighted by atomic mass is 16.3. The van der Waals surface area contributed by atoms with Crippen LogP contribution in [0.15, 0.2) is 60.8 Å². The number of para-hydroxylation sites is 2. The monoisotopic (exact) mass is 392 g/mol. The van der Waals surface area contributed by atoms with Crippen LogP contribution in [0.4, 0.5) is 0 Å². The van der Waals surface area contributed by atoms with E-state index in [1.54, 1.807) is 4.90 Å². The van der Waals surface area contributed by atoms with Crippen LogP contribution in [-0.2, 0) is 6.42 Å². The lowest BCUT2D eigenvalue weighted by atomic mass is 10.0. The zero-order chi connectivity index (χ0) is 20.8. The van der Waals surface area contributed by atoms with Crippen LogP contribution in [-0.4, -0.2) is 51.1 Å². The van der Waals surface area contributed by atoms with Crippen LogP contribution in [0.5, 0.6) is 0 Å². The van der Waals surface area contributed by atoms with E-state index < -0.39 is 12.1 Å². The maximum absolute atomic E-state index is 13.1. The van der Waals surface area contributed by atoms with E-state index in [4.69, 9.17) is 5.73 Å². The summed E-state index contributed by atoms with van der Waals surface area (Å²) < 4.78 is 0. The first kappa shape index (κ1) is 20.9. The van der Waals surface area contributed by atoms with E-state index in [1.807, 2.05) is 68.4 Å². The van der Waals surface area contributed by atoms with Gasteiger partial charge in [-0.2, -0.15) is 0 Å². The first-order chi connectivity index (χ1) is 13.9. The molecule has 1 heterocycles. The summed E-state index contributed by atoms with van der Waals surface area (Å²) in [6.45, 7) is 4.72. The molecule has 0 aliphatic rings. The average molecular weight is 393 g/mol. The van der Waals surface area contributed by atoms with Crippen molar-refractivity contribution in [3.8, 4) is 0 Å². The molecule has 6 nitrogen and oxygen atoms in total. The molecule has 0 spiro atoms. The maximum Gasteiger partial charge on any atom is 0.274 e. The van der Waals surface area contributed by atoms with Crippen molar-refractivity contribution in [2.24, 2.45) is 11.7 Å². The lowest BCUT2D eigenvalue weighted by Gasteiger charge is -2.29. The van der Waals surface area contributed by atoms with Gasteiger partial charge in [-0.1, -0.05) is 56.3 Å². The van der Waals surface area contributed by atoms with Crippen LogP contribution in [0.1, 0.15) is 29.9 Å². The normalized spacial score (nSPS) is 13.4. The Kier molecular flexibility index (Phi) is 6.90. The number of amides is 1. The third-order valence-electron chi connectivity index (χ3n) is 4.76. The zero-order valence-corrected chi connectivity index (χ0v) is 16.9. The van der Waals surface area contributed by atoms with Crippen LogP contribution < -0.4 is 5.73 Å². The molecule has 2 aromatic carbocycles. The lowest BCUT2D eigenvalue weighted by molar-refractivity contribution is 0.0540. The fourth-order valence-electron chi connectivity index (χ4n) is 3.29. The van der Waals surface area contributed by atoms with E-state index >= 15 is 0 Å². The van der Waals surface area contributed by atoms with Gasteiger partial charge in [-0.15, -0.1) is 0 Å². The number of aliphatic hydroxyl groups is 1. The molecule has 3 N–H and O–H groups in total. The number of aliphatic hydroxyl groups excluding tert-OH is 1. The molecular weight excluding hydrogens is 364 g/mol. The van der Waals surface area contributed by atoms with Gasteiger partial charge in [-0.05, 0) is 30.0 Å². The summed E-state index contributed by atoms with van der Waals surface area (Å²) in [6.07, 6.45) is 1.20. The van der Waals surface area contributed by atoms with Gasteiger partial charge in [0.2, 0.25) is 0 Å². The molecule has 152 valence electrons. The Labute approximate surface area is 171 Å². The molecule has 6 heteroatoms. The number of aromatic nitrogens is 2. The molecule has 2 unspecified atom stereocenters. The summed E-state index contributed by atoms with van der Waals surface area (Å²) in [5.74, 6) is -0.00664. The third kappa shape index (κ3) is 5.59. The largest absolute Gasteiger partial charge is 0.390 e. The van der Waals surface area contributed by atoms with Crippen molar-refractivity contribution >= 4 is 16.9 Å². The SMILES string of the molecule is CC(C)CN(CC(O)C(N)Cc1ccccc1)C(=O)c1cnc2ccccc2n1. The summed E-state index contributed by atoms with van der Waals surface area (Å²) in [5.41, 5.74) is 8.96. The van der Waals surface area contributed by atoms with E-state index in [0.717, 1.165) is 11.1 Å². The molecule has 0 radical (unpaired) electrons. The Bertz CT molecular complexity index is 946. The molecule has 0 saturated carbocycles. The summed E-state index contributed by atoms with van der Waals surface area (Å²) in [5, 5.41) is 10.7. The third-order valence-corrected chi connectivity index (χ3v) is 4.76. The molecule has 0 bridgehead atoms. The summed E-state index contributed by atoms with van der Waals surface area (Å²) in [6, 6.07) is 16.8. The molecule has 0 fully saturated rings. The molecule has 3 aromatic rings. The minimum atomic E-state index is -0.841. The van der Waals surface area contributed by atoms with Crippen molar-refractivity contribution in [3.05, 3.63) is 72.1 Å². The minimum Gasteiger partial charge on any atom is -0.390 e. The molecule has 29 heavy (non-hydrogen) atoms. The predicted molar refractivity (Wildman–Crippen MR) is 114 cm³/mol. The fourth-order valence-corrected chi connectivity index (χ4v) is 3.29. The van der Waals surface area contributed by atoms with Gasteiger partial charge in [0.1, 0.15) is 5.69 Å². The van der Waals surface area contributed by atoms with Gasteiger partial charge in [-0.25, -0.2) is 4.98 Å². The number of fused-ring (bicyclic) bond motifs is 1. The number of nitrogens with two attached hydrogens (primary N) is 1. The van der Waals surface area contributed by atoms with Gasteiger partial charge in [0.05, 0.1) is 23.3 Å². The predicted octanol–water partition coefficient (Wildman–Crippen LogP) is 2.66. The Morgan fingerprint density at radius 2 is 1.69 bits per heavy atom. The summed E-state index contributed by atoms with van der Waals surface area (Å²) in [7, 11) is 0. The van der Waals surface area contributed by atoms with E-state index in [0.29, 0.717) is 18.5 Å². The minimum absolute atomic E-state index is 0.152. The highest BCUT2D eigenvalue weighted by Gasteiger charge is 2.25. The fraction of sp³-hybridized carbons (Fsp3) is 0.348. The molecule has 0 aliphatic carbocycles. The smallest absolute Gasteiger partial charge is 0.274 e. The van der Waals surface area contributed by atoms with E-state index in [9.17, 15) is 9.90 Å². The van der Waals surface area contributed by atoms with Gasteiger partial charge in [0, 0.05) is 19.1 Å². The zero-order valence-electron chi connectivity index (χ0n) is 16.9. The van der Waals surface area contributed by atoms with E-state index in [2.05, 4.69) is 9.97 Å². The second-order valence-electron chi connectivity index (χ2n) is 7.77. The lowest BCUT2D eigenvalue weighted by Crippen LogP contribution is -2.47. The van der Waals surface area contributed by atoms with E-state index in [1.165, 1.54) is 6.20 Å². The molecule has 3 rings (SSSR count). The van der Waals surface area contributed by atoms with Crippen molar-refractivity contribution in [3.63, 3.8) is 0 Å². The quantitative estimate of drug-likeness (QED) is 0.615. The van der Waals surface area contributed by atoms with Crippen LogP contribution in [0.25, 0.3) is 11.0 Å². The standard InChI is InChI=1S/C23H28N4O2/c1-16(2)14-27(15-22(28)18(24)12-17-8-4-3-5-9-17)23(29)21-13-25-19-10-6-7-11-20(19)26-21/h3-11,13,16,18,22,28H,12,14-15,24H2,1-2H3. The number of benzene rings is 2. The van der Waals surface area contributed by atoms with Crippen LogP contribution >= 0.6 is 0 Å². The Hall–Kier alpha value is -2.83. The van der Waals surface area contributed by atoms with Crippen LogP contribution in [0.2, 0.25) is 0 Å². The number of rotatable bonds is 8. The Morgan fingerprint density at radius 1 is 1.03 bits per heavy atom. The van der Waals surface area contributed by atoms with Crippen LogP contribution in [0, 0.1) is 5.92 Å². The molecule has 0 saturated heterocycles. The van der Waals surface area contributed by atoms with Gasteiger partial charge < -0.3 is 15.7 Å². The molecule has 0 aliphatic heterocycles. The average Bonchev–Trinajstić information content (AvgIpc) is 2.72. The molecule has 1 amide bonds. The summed E-state index contributed by atoms with van der Waals surface area (Å²) >= 11 is 0. The van der Waals surface area contributed by atoms with Crippen molar-refractivity contribution in [2.75, 3.05) is 13.1 Å². The van der Waals surface area contributed by atoms with Crippen molar-refractivity contribution in [2.45, 2.75) is 32.4 Å². The Balaban J connectivity index is 1.74. The first-order valence-electron chi connectivity index (χ1n) is 9.92. The van der Waals surface area contributed by atoms with E-state index in [-0.39, 0.29) is 24.1 Å². The van der Waals surface area contributed by atoms with Gasteiger partial charge in [0.15, 0.2) is 0 Å². The van der Waals surface area contributed by atoms with Gasteiger partial charge in [-0.3, -0.25) is 9.78 Å². The molecule has 2 atom stereocenters. The number of hydrogen-bond donors (Lipinski definition) is 2. The van der Waals surface area contributed by atoms with Crippen LogP contribution in [0.3, 0.4) is 0 Å². The first-order valence-corrected chi connectivity index (χ1v) is 9.92. The highest BCUT2D eigenvalue weighted by Crippen LogP contribution is 2.13. The topological polar surface area (TPSA) is 92.3 Å². The van der Waals surface area contributed by atoms with Crippen molar-refractivity contribution in [1.82, 2.24) is 14.9 Å².